The molecule has 0 fully saturated rings. The summed E-state index contributed by atoms with van der Waals surface area (Å²) in [6.45, 7) is 1.02. The number of pyridine rings is 2. The SMILES string of the molecule is N#CCC(=O)Nc1ccc(Br)nc1CNCc1cccc(Br)n1. The molecular weight excluding hydrogens is 426 g/mol. The molecule has 0 aliphatic rings. The third-order valence-electron chi connectivity index (χ3n) is 2.83. The number of nitriles is 1. The van der Waals surface area contributed by atoms with Crippen LogP contribution in [0.15, 0.2) is 39.5 Å². The standard InChI is InChI=1S/C15H13Br2N5O/c16-13-3-1-2-10(20-13)8-19-9-12-11(4-5-14(17)21-12)22-15(23)6-7-18/h1-5,19H,6,8-9H2,(H,22,23). The van der Waals surface area contributed by atoms with E-state index >= 15 is 0 Å². The van der Waals surface area contributed by atoms with Crippen molar-refractivity contribution in [3.63, 3.8) is 0 Å². The summed E-state index contributed by atoms with van der Waals surface area (Å²) < 4.78 is 1.45. The van der Waals surface area contributed by atoms with Crippen molar-refractivity contribution in [1.82, 2.24) is 15.3 Å². The van der Waals surface area contributed by atoms with E-state index in [-0.39, 0.29) is 12.3 Å². The fraction of sp³-hybridized carbons (Fsp3) is 0.200. The van der Waals surface area contributed by atoms with Gasteiger partial charge in [-0.15, -0.1) is 0 Å². The minimum atomic E-state index is -0.355. The number of carbonyl (C=O) groups excluding carboxylic acids is 1. The molecule has 0 aliphatic carbocycles. The maximum absolute atomic E-state index is 11.6. The van der Waals surface area contributed by atoms with Crippen molar-refractivity contribution >= 4 is 43.5 Å². The van der Waals surface area contributed by atoms with E-state index in [1.54, 1.807) is 12.1 Å². The van der Waals surface area contributed by atoms with E-state index in [1.807, 2.05) is 24.3 Å². The van der Waals surface area contributed by atoms with Crippen LogP contribution in [-0.2, 0) is 17.9 Å². The number of anilines is 1. The van der Waals surface area contributed by atoms with Crippen molar-refractivity contribution in [1.29, 1.82) is 5.26 Å². The second-order valence-electron chi connectivity index (χ2n) is 4.57. The van der Waals surface area contributed by atoms with Crippen LogP contribution in [0.2, 0.25) is 0 Å². The molecule has 0 radical (unpaired) electrons. The van der Waals surface area contributed by atoms with Crippen molar-refractivity contribution in [3.05, 3.63) is 50.9 Å². The molecule has 0 saturated heterocycles. The van der Waals surface area contributed by atoms with Gasteiger partial charge in [-0.05, 0) is 56.1 Å². The molecule has 0 aromatic carbocycles. The quantitative estimate of drug-likeness (QED) is 0.676. The first-order valence-corrected chi connectivity index (χ1v) is 8.31. The Morgan fingerprint density at radius 1 is 1.13 bits per heavy atom. The molecule has 118 valence electrons. The van der Waals surface area contributed by atoms with Crippen molar-refractivity contribution in [3.8, 4) is 6.07 Å². The summed E-state index contributed by atoms with van der Waals surface area (Å²) in [6, 6.07) is 11.0. The molecule has 23 heavy (non-hydrogen) atoms. The van der Waals surface area contributed by atoms with E-state index in [0.29, 0.717) is 29.1 Å². The molecule has 6 nitrogen and oxygen atoms in total. The molecule has 0 aliphatic heterocycles. The van der Waals surface area contributed by atoms with Crippen LogP contribution in [-0.4, -0.2) is 15.9 Å². The predicted octanol–water partition coefficient (Wildman–Crippen LogP) is 3.14. The monoisotopic (exact) mass is 437 g/mol. The van der Waals surface area contributed by atoms with Gasteiger partial charge in [0.25, 0.3) is 0 Å². The summed E-state index contributed by atoms with van der Waals surface area (Å²) in [4.78, 5) is 20.3. The number of hydrogen-bond donors (Lipinski definition) is 2. The Morgan fingerprint density at radius 2 is 1.91 bits per heavy atom. The molecule has 8 heteroatoms. The lowest BCUT2D eigenvalue weighted by Crippen LogP contribution is -2.18. The van der Waals surface area contributed by atoms with Crippen molar-refractivity contribution < 1.29 is 4.79 Å². The van der Waals surface area contributed by atoms with Crippen LogP contribution in [0, 0.1) is 11.3 Å². The maximum Gasteiger partial charge on any atom is 0.238 e. The van der Waals surface area contributed by atoms with E-state index in [9.17, 15) is 4.79 Å². The molecular formula is C15H13Br2N5O. The third kappa shape index (κ3) is 5.71. The minimum Gasteiger partial charge on any atom is -0.324 e. The number of nitrogens with zero attached hydrogens (tertiary/aromatic N) is 3. The summed E-state index contributed by atoms with van der Waals surface area (Å²) >= 11 is 6.65. The summed E-state index contributed by atoms with van der Waals surface area (Å²) in [5.74, 6) is -0.355. The van der Waals surface area contributed by atoms with E-state index < -0.39 is 0 Å². The first kappa shape index (κ1) is 17.5. The van der Waals surface area contributed by atoms with Crippen LogP contribution in [0.1, 0.15) is 17.8 Å². The van der Waals surface area contributed by atoms with Crippen LogP contribution >= 0.6 is 31.9 Å². The van der Waals surface area contributed by atoms with Gasteiger partial charge in [0.05, 0.1) is 23.1 Å². The van der Waals surface area contributed by atoms with Gasteiger partial charge in [-0.1, -0.05) is 6.07 Å². The van der Waals surface area contributed by atoms with Crippen molar-refractivity contribution in [2.75, 3.05) is 5.32 Å². The van der Waals surface area contributed by atoms with Gasteiger partial charge in [0.2, 0.25) is 5.91 Å². The maximum atomic E-state index is 11.6. The van der Waals surface area contributed by atoms with Crippen molar-refractivity contribution in [2.24, 2.45) is 0 Å². The van der Waals surface area contributed by atoms with Gasteiger partial charge in [0.1, 0.15) is 15.6 Å². The van der Waals surface area contributed by atoms with Gasteiger partial charge in [-0.3, -0.25) is 4.79 Å². The number of nitrogens with one attached hydrogen (secondary N) is 2. The fourth-order valence-electron chi connectivity index (χ4n) is 1.85. The van der Waals surface area contributed by atoms with E-state index in [0.717, 1.165) is 10.3 Å². The largest absolute Gasteiger partial charge is 0.324 e. The molecule has 0 unspecified atom stereocenters. The second-order valence-corrected chi connectivity index (χ2v) is 6.19. The summed E-state index contributed by atoms with van der Waals surface area (Å²) in [7, 11) is 0. The Hall–Kier alpha value is -1.82. The van der Waals surface area contributed by atoms with Gasteiger partial charge in [0, 0.05) is 13.1 Å². The molecule has 2 heterocycles. The predicted molar refractivity (Wildman–Crippen MR) is 93.3 cm³/mol. The van der Waals surface area contributed by atoms with E-state index in [2.05, 4.69) is 52.5 Å². The van der Waals surface area contributed by atoms with E-state index in [4.69, 9.17) is 5.26 Å². The molecule has 2 aromatic heterocycles. The molecule has 2 aromatic rings. The lowest BCUT2D eigenvalue weighted by Gasteiger charge is -2.11. The number of hydrogen-bond acceptors (Lipinski definition) is 5. The Morgan fingerprint density at radius 3 is 2.65 bits per heavy atom. The van der Waals surface area contributed by atoms with E-state index in [1.165, 1.54) is 0 Å². The molecule has 2 N–H and O–H groups in total. The lowest BCUT2D eigenvalue weighted by molar-refractivity contribution is -0.115. The minimum absolute atomic E-state index is 0.190. The molecule has 0 spiro atoms. The Bertz CT molecular complexity index is 745. The zero-order chi connectivity index (χ0) is 16.7. The molecule has 1 amide bonds. The number of halogens is 2. The highest BCUT2D eigenvalue weighted by molar-refractivity contribution is 9.10. The topological polar surface area (TPSA) is 90.7 Å². The zero-order valence-electron chi connectivity index (χ0n) is 12.0. The van der Waals surface area contributed by atoms with Gasteiger partial charge in [-0.2, -0.15) is 5.26 Å². The van der Waals surface area contributed by atoms with Gasteiger partial charge < -0.3 is 10.6 Å². The van der Waals surface area contributed by atoms with Crippen LogP contribution in [0.25, 0.3) is 0 Å². The highest BCUT2D eigenvalue weighted by atomic mass is 79.9. The highest BCUT2D eigenvalue weighted by Gasteiger charge is 2.09. The Balaban J connectivity index is 2.02. The summed E-state index contributed by atoms with van der Waals surface area (Å²) in [5.41, 5.74) is 2.16. The first-order valence-electron chi connectivity index (χ1n) is 6.73. The van der Waals surface area contributed by atoms with Crippen LogP contribution in [0.4, 0.5) is 5.69 Å². The average Bonchev–Trinajstić information content (AvgIpc) is 2.50. The van der Waals surface area contributed by atoms with Gasteiger partial charge in [-0.25, -0.2) is 9.97 Å². The highest BCUT2D eigenvalue weighted by Crippen LogP contribution is 2.17. The Labute approximate surface area is 150 Å². The molecule has 0 atom stereocenters. The summed E-state index contributed by atoms with van der Waals surface area (Å²) in [5, 5.41) is 14.5. The smallest absolute Gasteiger partial charge is 0.238 e. The van der Waals surface area contributed by atoms with Crippen molar-refractivity contribution in [2.45, 2.75) is 19.5 Å². The summed E-state index contributed by atoms with van der Waals surface area (Å²) in [6.07, 6.45) is -0.190. The number of rotatable bonds is 6. The second kappa shape index (κ2) is 8.72. The third-order valence-corrected chi connectivity index (χ3v) is 3.71. The van der Waals surface area contributed by atoms with Gasteiger partial charge >= 0.3 is 0 Å². The Kier molecular flexibility index (Phi) is 6.65. The first-order chi connectivity index (χ1) is 11.1. The molecule has 2 rings (SSSR count). The van der Waals surface area contributed by atoms with Crippen LogP contribution < -0.4 is 10.6 Å². The number of carbonyl (C=O) groups is 1. The molecule has 0 bridgehead atoms. The zero-order valence-corrected chi connectivity index (χ0v) is 15.2. The lowest BCUT2D eigenvalue weighted by atomic mass is 10.2. The van der Waals surface area contributed by atoms with Gasteiger partial charge in [0.15, 0.2) is 0 Å². The average molecular weight is 439 g/mol. The molecule has 0 saturated carbocycles. The number of aromatic nitrogens is 2. The number of amides is 1. The van der Waals surface area contributed by atoms with Crippen LogP contribution in [0.5, 0.6) is 0 Å². The normalized spacial score (nSPS) is 10.1. The fourth-order valence-corrected chi connectivity index (χ4v) is 2.57. The van der Waals surface area contributed by atoms with Crippen LogP contribution in [0.3, 0.4) is 0 Å².